The fraction of sp³-hybridized carbons (Fsp3) is 0.833. The predicted molar refractivity (Wildman–Crippen MR) is 58.1 cm³/mol. The fourth-order valence-electron chi connectivity index (χ4n) is 1.48. The first-order valence-corrected chi connectivity index (χ1v) is 4.75. The first kappa shape index (κ1) is 14.1. The van der Waals surface area contributed by atoms with E-state index in [1.807, 2.05) is 13.8 Å². The highest BCUT2D eigenvalue weighted by molar-refractivity contribution is 5.03. The molecule has 1 saturated carbocycles. The van der Waals surface area contributed by atoms with E-state index in [0.717, 1.165) is 0 Å². The number of hydrogen-bond acceptors (Lipinski definition) is 0. The van der Waals surface area contributed by atoms with Crippen molar-refractivity contribution in [3.05, 3.63) is 0 Å². The van der Waals surface area contributed by atoms with Crippen molar-refractivity contribution in [2.75, 3.05) is 0 Å². The van der Waals surface area contributed by atoms with E-state index < -0.39 is 0 Å². The van der Waals surface area contributed by atoms with Gasteiger partial charge in [-0.15, -0.1) is 12.3 Å². The minimum absolute atomic E-state index is 0. The first-order valence-electron chi connectivity index (χ1n) is 4.75. The summed E-state index contributed by atoms with van der Waals surface area (Å²) in [6, 6.07) is 0. The van der Waals surface area contributed by atoms with Crippen LogP contribution in [-0.2, 0) is 0 Å². The van der Waals surface area contributed by atoms with Gasteiger partial charge in [-0.1, -0.05) is 40.5 Å². The van der Waals surface area contributed by atoms with Crippen molar-refractivity contribution >= 4 is 0 Å². The first-order chi connectivity index (χ1) is 5.27. The molecule has 0 bridgehead atoms. The Morgan fingerprint density at radius 2 is 1.50 bits per heavy atom. The Morgan fingerprint density at radius 1 is 1.08 bits per heavy atom. The van der Waals surface area contributed by atoms with Crippen LogP contribution in [-0.4, -0.2) is 0 Å². The van der Waals surface area contributed by atoms with Crippen LogP contribution in [0.2, 0.25) is 0 Å². The van der Waals surface area contributed by atoms with Crippen LogP contribution in [0.25, 0.3) is 0 Å². The van der Waals surface area contributed by atoms with Crippen molar-refractivity contribution in [1.82, 2.24) is 0 Å². The molecule has 0 aromatic heterocycles. The second kappa shape index (κ2) is 7.22. The molecule has 1 aliphatic carbocycles. The van der Waals surface area contributed by atoms with E-state index in [2.05, 4.69) is 12.8 Å². The molecule has 0 heteroatoms. The topological polar surface area (TPSA) is 0 Å². The standard InChI is InChI=1S/C9H14.C2H6.CH4/c1-3-9(2)7-5-4-6-8-9;1-2;/h1H,4-8H2,2H3;1-2H3;1H4. The highest BCUT2D eigenvalue weighted by atomic mass is 14.3. The summed E-state index contributed by atoms with van der Waals surface area (Å²) in [5, 5.41) is 0. The van der Waals surface area contributed by atoms with E-state index >= 15 is 0 Å². The molecule has 72 valence electrons. The van der Waals surface area contributed by atoms with Crippen molar-refractivity contribution in [3.63, 3.8) is 0 Å². The van der Waals surface area contributed by atoms with Gasteiger partial charge in [0.25, 0.3) is 0 Å². The molecule has 0 atom stereocenters. The molecule has 0 spiro atoms. The molecule has 12 heavy (non-hydrogen) atoms. The summed E-state index contributed by atoms with van der Waals surface area (Å²) in [6.45, 7) is 6.20. The molecule has 1 aliphatic rings. The highest BCUT2D eigenvalue weighted by Gasteiger charge is 2.23. The average Bonchev–Trinajstić information content (AvgIpc) is 2.10. The SMILES string of the molecule is C.C#CC1(C)CCCCC1.CC. The summed E-state index contributed by atoms with van der Waals surface area (Å²) < 4.78 is 0. The summed E-state index contributed by atoms with van der Waals surface area (Å²) in [7, 11) is 0. The molecule has 0 radical (unpaired) electrons. The molecule has 0 aromatic carbocycles. The Balaban J connectivity index is 0. The maximum atomic E-state index is 5.39. The van der Waals surface area contributed by atoms with Crippen LogP contribution < -0.4 is 0 Å². The van der Waals surface area contributed by atoms with Gasteiger partial charge in [-0.2, -0.15) is 0 Å². The van der Waals surface area contributed by atoms with E-state index in [1.165, 1.54) is 32.1 Å². The van der Waals surface area contributed by atoms with Gasteiger partial charge in [0.05, 0.1) is 0 Å². The lowest BCUT2D eigenvalue weighted by Gasteiger charge is -2.27. The molecule has 0 heterocycles. The van der Waals surface area contributed by atoms with Gasteiger partial charge < -0.3 is 0 Å². The predicted octanol–water partition coefficient (Wildman–Crippen LogP) is 4.25. The smallest absolute Gasteiger partial charge is 0.0284 e. The zero-order valence-corrected chi connectivity index (χ0v) is 8.11. The quantitative estimate of drug-likeness (QED) is 0.474. The molecule has 0 nitrogen and oxygen atoms in total. The molecule has 0 N–H and O–H groups in total. The van der Waals surface area contributed by atoms with Crippen LogP contribution in [0.5, 0.6) is 0 Å². The number of terminal acetylenes is 1. The van der Waals surface area contributed by atoms with Crippen LogP contribution in [0, 0.1) is 17.8 Å². The molecule has 0 aliphatic heterocycles. The molecular weight excluding hydrogens is 144 g/mol. The van der Waals surface area contributed by atoms with Crippen molar-refractivity contribution in [1.29, 1.82) is 0 Å². The normalized spacial score (nSPS) is 19.2. The van der Waals surface area contributed by atoms with Crippen molar-refractivity contribution < 1.29 is 0 Å². The van der Waals surface area contributed by atoms with Crippen LogP contribution in [0.15, 0.2) is 0 Å². The molecule has 0 saturated heterocycles. The van der Waals surface area contributed by atoms with Gasteiger partial charge in [-0.3, -0.25) is 0 Å². The van der Waals surface area contributed by atoms with Gasteiger partial charge in [-0.05, 0) is 19.8 Å². The monoisotopic (exact) mass is 168 g/mol. The van der Waals surface area contributed by atoms with E-state index in [0.29, 0.717) is 0 Å². The number of rotatable bonds is 0. The van der Waals surface area contributed by atoms with Crippen LogP contribution in [0.1, 0.15) is 60.3 Å². The summed E-state index contributed by atoms with van der Waals surface area (Å²) in [6.07, 6.45) is 11.9. The van der Waals surface area contributed by atoms with Gasteiger partial charge in [-0.25, -0.2) is 0 Å². The maximum absolute atomic E-state index is 5.39. The second-order valence-corrected chi connectivity index (χ2v) is 3.27. The molecular formula is C12H24. The summed E-state index contributed by atoms with van der Waals surface area (Å²) in [5.74, 6) is 2.88. The van der Waals surface area contributed by atoms with Crippen molar-refractivity contribution in [3.8, 4) is 12.3 Å². The molecule has 1 rings (SSSR count). The lowest BCUT2D eigenvalue weighted by molar-refractivity contribution is 0.300. The Bertz CT molecular complexity index is 121. The third kappa shape index (κ3) is 4.44. The highest BCUT2D eigenvalue weighted by Crippen LogP contribution is 2.34. The summed E-state index contributed by atoms with van der Waals surface area (Å²) in [4.78, 5) is 0. The molecule has 0 unspecified atom stereocenters. The fourth-order valence-corrected chi connectivity index (χ4v) is 1.48. The summed E-state index contributed by atoms with van der Waals surface area (Å²) in [5.41, 5.74) is 0.248. The van der Waals surface area contributed by atoms with Gasteiger partial charge in [0.2, 0.25) is 0 Å². The van der Waals surface area contributed by atoms with Gasteiger partial charge in [0.15, 0.2) is 0 Å². The maximum Gasteiger partial charge on any atom is 0.0284 e. The van der Waals surface area contributed by atoms with E-state index in [9.17, 15) is 0 Å². The van der Waals surface area contributed by atoms with E-state index in [1.54, 1.807) is 0 Å². The molecule has 1 fully saturated rings. The minimum Gasteiger partial charge on any atom is -0.120 e. The zero-order valence-electron chi connectivity index (χ0n) is 8.11. The van der Waals surface area contributed by atoms with E-state index in [-0.39, 0.29) is 12.8 Å². The zero-order chi connectivity index (χ0) is 8.74. The van der Waals surface area contributed by atoms with Crippen LogP contribution in [0.3, 0.4) is 0 Å². The van der Waals surface area contributed by atoms with Gasteiger partial charge in [0.1, 0.15) is 0 Å². The average molecular weight is 168 g/mol. The molecule has 0 amide bonds. The van der Waals surface area contributed by atoms with Crippen LogP contribution in [0.4, 0.5) is 0 Å². The third-order valence-electron chi connectivity index (χ3n) is 2.31. The summed E-state index contributed by atoms with van der Waals surface area (Å²) >= 11 is 0. The lowest BCUT2D eigenvalue weighted by Crippen LogP contribution is -2.16. The second-order valence-electron chi connectivity index (χ2n) is 3.27. The number of hydrogen-bond donors (Lipinski definition) is 0. The van der Waals surface area contributed by atoms with Crippen molar-refractivity contribution in [2.24, 2.45) is 5.41 Å². The third-order valence-corrected chi connectivity index (χ3v) is 2.31. The van der Waals surface area contributed by atoms with Crippen molar-refractivity contribution in [2.45, 2.75) is 60.3 Å². The van der Waals surface area contributed by atoms with Gasteiger partial charge in [0, 0.05) is 5.41 Å². The van der Waals surface area contributed by atoms with E-state index in [4.69, 9.17) is 6.42 Å². The Kier molecular flexibility index (Phi) is 8.49. The Labute approximate surface area is 78.8 Å². The Morgan fingerprint density at radius 3 is 1.75 bits per heavy atom. The largest absolute Gasteiger partial charge is 0.120 e. The van der Waals surface area contributed by atoms with Crippen LogP contribution >= 0.6 is 0 Å². The van der Waals surface area contributed by atoms with Gasteiger partial charge >= 0.3 is 0 Å². The Hall–Kier alpha value is -0.440. The molecule has 0 aromatic rings. The lowest BCUT2D eigenvalue weighted by atomic mass is 9.77. The minimum atomic E-state index is 0.